The molecular formula is C15H24O5SSi. The van der Waals surface area contributed by atoms with Crippen molar-refractivity contribution >= 4 is 29.3 Å². The Balaban J connectivity index is 3.05. The van der Waals surface area contributed by atoms with E-state index in [2.05, 4.69) is 25.2 Å². The zero-order chi connectivity index (χ0) is 17.0. The van der Waals surface area contributed by atoms with Crippen molar-refractivity contribution in [2.24, 2.45) is 5.92 Å². The van der Waals surface area contributed by atoms with Crippen molar-refractivity contribution in [1.29, 1.82) is 0 Å². The van der Waals surface area contributed by atoms with Gasteiger partial charge in [-0.3, -0.25) is 8.98 Å². The minimum absolute atomic E-state index is 0.0379. The Labute approximate surface area is 133 Å². The molecule has 1 aromatic carbocycles. The molecule has 0 aliphatic carbocycles. The summed E-state index contributed by atoms with van der Waals surface area (Å²) in [6, 6.07) is 9.99. The van der Waals surface area contributed by atoms with Crippen molar-refractivity contribution in [3.63, 3.8) is 0 Å². The summed E-state index contributed by atoms with van der Waals surface area (Å²) in [6.07, 6.45) is 0.978. The van der Waals surface area contributed by atoms with Crippen molar-refractivity contribution in [3.05, 3.63) is 30.3 Å². The Morgan fingerprint density at radius 1 is 1.23 bits per heavy atom. The lowest BCUT2D eigenvalue weighted by atomic mass is 10.1. The molecule has 7 heteroatoms. The third kappa shape index (κ3) is 4.93. The smallest absolute Gasteiger partial charge is 0.311 e. The predicted octanol–water partition coefficient (Wildman–Crippen LogP) is 1.76. The van der Waals surface area contributed by atoms with Crippen LogP contribution in [0.5, 0.6) is 0 Å². The number of hydrogen-bond acceptors (Lipinski definition) is 5. The number of methoxy groups -OCH3 is 1. The number of carbonyl (C=O) groups is 1. The highest BCUT2D eigenvalue weighted by Gasteiger charge is 2.40. The average Bonchev–Trinajstić information content (AvgIpc) is 2.46. The van der Waals surface area contributed by atoms with E-state index in [4.69, 9.17) is 8.92 Å². The maximum absolute atomic E-state index is 12.1. The van der Waals surface area contributed by atoms with Gasteiger partial charge in [0.1, 0.15) is 0 Å². The van der Waals surface area contributed by atoms with E-state index in [1.54, 1.807) is 0 Å². The highest BCUT2D eigenvalue weighted by Crippen LogP contribution is 2.31. The van der Waals surface area contributed by atoms with Gasteiger partial charge in [0.05, 0.1) is 34.0 Å². The van der Waals surface area contributed by atoms with E-state index in [1.165, 1.54) is 12.3 Å². The number of esters is 1. The van der Waals surface area contributed by atoms with Crippen LogP contribution in [0.2, 0.25) is 18.6 Å². The van der Waals surface area contributed by atoms with E-state index in [9.17, 15) is 13.2 Å². The Morgan fingerprint density at radius 3 is 2.23 bits per heavy atom. The molecule has 0 unspecified atom stereocenters. The molecule has 0 aliphatic rings. The first-order chi connectivity index (χ1) is 10.1. The molecular weight excluding hydrogens is 320 g/mol. The highest BCUT2D eigenvalue weighted by molar-refractivity contribution is 7.85. The fourth-order valence-electron chi connectivity index (χ4n) is 2.40. The predicted molar refractivity (Wildman–Crippen MR) is 89.3 cm³/mol. The van der Waals surface area contributed by atoms with Crippen LogP contribution < -0.4 is 5.19 Å². The number of rotatable bonds is 7. The van der Waals surface area contributed by atoms with Gasteiger partial charge in [-0.05, 0) is 5.54 Å². The average molecular weight is 345 g/mol. The van der Waals surface area contributed by atoms with Crippen LogP contribution in [0.3, 0.4) is 0 Å². The summed E-state index contributed by atoms with van der Waals surface area (Å²) in [5.74, 6) is -1.05. The molecule has 2 atom stereocenters. The van der Waals surface area contributed by atoms with Gasteiger partial charge in [-0.15, -0.1) is 0 Å². The van der Waals surface area contributed by atoms with Crippen LogP contribution in [0.4, 0.5) is 0 Å². The van der Waals surface area contributed by atoms with Crippen LogP contribution in [0.15, 0.2) is 30.3 Å². The molecule has 0 bridgehead atoms. The number of carbonyl (C=O) groups excluding carboxylic acids is 1. The second kappa shape index (κ2) is 7.39. The standard InChI is InChI=1S/C15H24O5SSi/c1-12(22(4,5)13-9-7-6-8-10-13)14(15(16)19-2)11-20-21(3,17)18/h6-10,12,14H,11H2,1-5H3/t12-,14-/m0/s1. The minimum Gasteiger partial charge on any atom is -0.469 e. The molecule has 0 radical (unpaired) electrons. The second-order valence-electron chi connectivity index (χ2n) is 5.99. The molecule has 22 heavy (non-hydrogen) atoms. The molecule has 5 nitrogen and oxygen atoms in total. The van der Waals surface area contributed by atoms with Gasteiger partial charge in [0, 0.05) is 0 Å². The summed E-state index contributed by atoms with van der Waals surface area (Å²) >= 11 is 0. The van der Waals surface area contributed by atoms with Crippen molar-refractivity contribution in [2.45, 2.75) is 25.6 Å². The Bertz CT molecular complexity index is 598. The summed E-state index contributed by atoms with van der Waals surface area (Å²) in [6.45, 7) is 6.09. The summed E-state index contributed by atoms with van der Waals surface area (Å²) in [5, 5.41) is 1.20. The molecule has 0 amide bonds. The second-order valence-corrected chi connectivity index (χ2v) is 12.6. The first kappa shape index (κ1) is 18.9. The molecule has 0 saturated heterocycles. The van der Waals surface area contributed by atoms with Crippen molar-refractivity contribution in [1.82, 2.24) is 0 Å². The first-order valence-corrected chi connectivity index (χ1v) is 12.0. The van der Waals surface area contributed by atoms with Crippen LogP contribution in [0, 0.1) is 5.92 Å². The van der Waals surface area contributed by atoms with Gasteiger partial charge in [-0.25, -0.2) is 0 Å². The van der Waals surface area contributed by atoms with Gasteiger partial charge in [-0.2, -0.15) is 8.42 Å². The molecule has 1 aromatic rings. The minimum atomic E-state index is -3.60. The largest absolute Gasteiger partial charge is 0.469 e. The van der Waals surface area contributed by atoms with Crippen LogP contribution in [0.1, 0.15) is 6.92 Å². The number of hydrogen-bond donors (Lipinski definition) is 0. The molecule has 124 valence electrons. The van der Waals surface area contributed by atoms with Gasteiger partial charge in [0.25, 0.3) is 10.1 Å². The quantitative estimate of drug-likeness (QED) is 0.428. The lowest BCUT2D eigenvalue weighted by Crippen LogP contribution is -2.49. The zero-order valence-electron chi connectivity index (χ0n) is 13.7. The third-order valence-electron chi connectivity index (χ3n) is 4.23. The van der Waals surface area contributed by atoms with E-state index in [-0.39, 0.29) is 12.1 Å². The summed E-state index contributed by atoms with van der Waals surface area (Å²) in [7, 11) is -4.29. The molecule has 0 aliphatic heterocycles. The van der Waals surface area contributed by atoms with E-state index in [0.29, 0.717) is 0 Å². The van der Waals surface area contributed by atoms with E-state index < -0.39 is 30.1 Å². The first-order valence-electron chi connectivity index (χ1n) is 7.07. The van der Waals surface area contributed by atoms with E-state index >= 15 is 0 Å². The van der Waals surface area contributed by atoms with Crippen molar-refractivity contribution in [2.75, 3.05) is 20.0 Å². The maximum atomic E-state index is 12.1. The molecule has 0 aromatic heterocycles. The normalized spacial score (nSPS) is 15.1. The van der Waals surface area contributed by atoms with Gasteiger partial charge in [0.15, 0.2) is 0 Å². The lowest BCUT2D eigenvalue weighted by Gasteiger charge is -2.34. The van der Waals surface area contributed by atoms with Gasteiger partial charge >= 0.3 is 5.97 Å². The Morgan fingerprint density at radius 2 is 1.77 bits per heavy atom. The summed E-state index contributed by atoms with van der Waals surface area (Å²) in [5.41, 5.74) is -0.0379. The van der Waals surface area contributed by atoms with E-state index in [0.717, 1.165) is 6.26 Å². The number of ether oxygens (including phenoxy) is 1. The van der Waals surface area contributed by atoms with Crippen LogP contribution in [-0.4, -0.2) is 42.4 Å². The summed E-state index contributed by atoms with van der Waals surface area (Å²) < 4.78 is 32.2. The molecule has 0 spiro atoms. The lowest BCUT2D eigenvalue weighted by molar-refractivity contribution is -0.146. The zero-order valence-corrected chi connectivity index (χ0v) is 15.5. The molecule has 1 rings (SSSR count). The van der Waals surface area contributed by atoms with Crippen molar-refractivity contribution < 1.29 is 22.1 Å². The fourth-order valence-corrected chi connectivity index (χ4v) is 5.61. The fraction of sp³-hybridized carbons (Fsp3) is 0.533. The summed E-state index contributed by atoms with van der Waals surface area (Å²) in [4.78, 5) is 12.1. The molecule has 0 saturated carbocycles. The topological polar surface area (TPSA) is 69.7 Å². The SMILES string of the molecule is COC(=O)[C@@H](COS(C)(=O)=O)[C@H](C)[Si](C)(C)c1ccccc1. The molecule has 0 heterocycles. The van der Waals surface area contributed by atoms with Crippen LogP contribution in [-0.2, 0) is 23.8 Å². The van der Waals surface area contributed by atoms with Gasteiger partial charge < -0.3 is 4.74 Å². The van der Waals surface area contributed by atoms with E-state index in [1.807, 2.05) is 25.1 Å². The monoisotopic (exact) mass is 344 g/mol. The molecule has 0 N–H and O–H groups in total. The van der Waals surface area contributed by atoms with Gasteiger partial charge in [0.2, 0.25) is 0 Å². The number of benzene rings is 1. The maximum Gasteiger partial charge on any atom is 0.311 e. The van der Waals surface area contributed by atoms with Gasteiger partial charge in [-0.1, -0.05) is 55.5 Å². The Hall–Kier alpha value is -1.18. The Kier molecular flexibility index (Phi) is 6.34. The highest BCUT2D eigenvalue weighted by atomic mass is 32.2. The molecule has 0 fully saturated rings. The van der Waals surface area contributed by atoms with Crippen molar-refractivity contribution in [3.8, 4) is 0 Å². The third-order valence-corrected chi connectivity index (χ3v) is 9.29. The van der Waals surface area contributed by atoms with Crippen LogP contribution in [0.25, 0.3) is 0 Å². The van der Waals surface area contributed by atoms with Crippen LogP contribution >= 0.6 is 0 Å².